The molecule has 1 heterocycles. The Morgan fingerprint density at radius 3 is 2.61 bits per heavy atom. The molecule has 2 aromatic rings. The largest absolute Gasteiger partial charge is 0.435 e. The van der Waals surface area contributed by atoms with Gasteiger partial charge in [0.25, 0.3) is 5.91 Å². The Kier molecular flexibility index (Phi) is 5.97. The van der Waals surface area contributed by atoms with E-state index in [4.69, 9.17) is 5.73 Å². The van der Waals surface area contributed by atoms with Gasteiger partial charge < -0.3 is 11.1 Å². The van der Waals surface area contributed by atoms with Gasteiger partial charge >= 0.3 is 6.18 Å². The Morgan fingerprint density at radius 1 is 1.29 bits per heavy atom. The lowest BCUT2D eigenvalue weighted by Gasteiger charge is -2.29. The fraction of sp³-hybridized carbons (Fsp3) is 0.500. The van der Waals surface area contributed by atoms with Gasteiger partial charge in [0.2, 0.25) is 0 Å². The maximum absolute atomic E-state index is 13.7. The summed E-state index contributed by atoms with van der Waals surface area (Å²) >= 11 is 0. The average molecular weight is 399 g/mol. The molecule has 0 aliphatic heterocycles. The molecular weight excluding hydrogens is 378 g/mol. The van der Waals surface area contributed by atoms with Gasteiger partial charge in [-0.25, -0.2) is 9.07 Å². The first-order valence-electron chi connectivity index (χ1n) is 9.11. The smallest absolute Gasteiger partial charge is 0.346 e. The van der Waals surface area contributed by atoms with Crippen LogP contribution in [0, 0.1) is 11.7 Å². The number of carbonyl (C=O) groups excluding carboxylic acids is 1. The molecule has 3 N–H and O–H groups in total. The number of hydrogen-bond acceptors (Lipinski definition) is 4. The zero-order chi connectivity index (χ0) is 20.3. The highest BCUT2D eigenvalue weighted by atomic mass is 19.4. The van der Waals surface area contributed by atoms with Crippen molar-refractivity contribution in [2.24, 2.45) is 11.7 Å². The molecule has 1 aromatic heterocycles. The third kappa shape index (κ3) is 4.32. The number of nitrogens with two attached hydrogens (primary N) is 1. The van der Waals surface area contributed by atoms with E-state index in [0.29, 0.717) is 4.68 Å². The van der Waals surface area contributed by atoms with E-state index < -0.39 is 35.3 Å². The second-order valence-electron chi connectivity index (χ2n) is 6.89. The standard InChI is InChI=1S/C18H21F4N5O/c19-12-7-4-8-13(9-12)27-16(18(20,21)22)15(25-26-27)17(28)24-14(10-23)11-5-2-1-3-6-11/h4,7-9,11,14H,1-3,5-6,10,23H2,(H,24,28). The summed E-state index contributed by atoms with van der Waals surface area (Å²) in [5.74, 6) is -1.60. The SMILES string of the molecule is NCC(NC(=O)c1nnn(-c2cccc(F)c2)c1C(F)(F)F)C1CCCCC1. The third-order valence-corrected chi connectivity index (χ3v) is 5.00. The topological polar surface area (TPSA) is 85.8 Å². The van der Waals surface area contributed by atoms with Gasteiger partial charge in [-0.15, -0.1) is 5.10 Å². The third-order valence-electron chi connectivity index (χ3n) is 5.00. The molecule has 1 fully saturated rings. The molecule has 1 atom stereocenters. The number of carbonyl (C=O) groups is 1. The second-order valence-corrected chi connectivity index (χ2v) is 6.89. The molecule has 1 amide bonds. The number of hydrogen-bond donors (Lipinski definition) is 2. The minimum Gasteiger partial charge on any atom is -0.346 e. The summed E-state index contributed by atoms with van der Waals surface area (Å²) in [7, 11) is 0. The summed E-state index contributed by atoms with van der Waals surface area (Å²) in [4.78, 5) is 12.6. The molecule has 1 saturated carbocycles. The molecule has 10 heteroatoms. The molecule has 0 radical (unpaired) electrons. The number of nitrogens with one attached hydrogen (secondary N) is 1. The summed E-state index contributed by atoms with van der Waals surface area (Å²) in [6.07, 6.45) is -0.0802. The lowest BCUT2D eigenvalue weighted by Crippen LogP contribution is -2.46. The van der Waals surface area contributed by atoms with Gasteiger partial charge in [-0.2, -0.15) is 13.2 Å². The Labute approximate surface area is 159 Å². The Balaban J connectivity index is 1.91. The Hall–Kier alpha value is -2.49. The molecule has 1 unspecified atom stereocenters. The van der Waals surface area contributed by atoms with Gasteiger partial charge in [-0.1, -0.05) is 30.5 Å². The van der Waals surface area contributed by atoms with Crippen molar-refractivity contribution in [3.05, 3.63) is 41.5 Å². The van der Waals surface area contributed by atoms with Crippen molar-refractivity contribution in [3.8, 4) is 5.69 Å². The van der Waals surface area contributed by atoms with E-state index in [0.717, 1.165) is 44.2 Å². The monoisotopic (exact) mass is 399 g/mol. The quantitative estimate of drug-likeness (QED) is 0.757. The maximum Gasteiger partial charge on any atom is 0.435 e. The molecule has 28 heavy (non-hydrogen) atoms. The Morgan fingerprint density at radius 2 is 2.00 bits per heavy atom. The van der Waals surface area contributed by atoms with Crippen LogP contribution >= 0.6 is 0 Å². The number of rotatable bonds is 5. The molecule has 3 rings (SSSR count). The van der Waals surface area contributed by atoms with E-state index in [2.05, 4.69) is 15.6 Å². The number of alkyl halides is 3. The first-order valence-corrected chi connectivity index (χ1v) is 9.11. The molecule has 0 saturated heterocycles. The van der Waals surface area contributed by atoms with Crippen molar-refractivity contribution in [1.29, 1.82) is 0 Å². The van der Waals surface area contributed by atoms with Crippen molar-refractivity contribution in [1.82, 2.24) is 20.3 Å². The van der Waals surface area contributed by atoms with Gasteiger partial charge in [0.1, 0.15) is 5.82 Å². The molecule has 6 nitrogen and oxygen atoms in total. The van der Waals surface area contributed by atoms with Crippen molar-refractivity contribution in [2.45, 2.75) is 44.3 Å². The average Bonchev–Trinajstić information content (AvgIpc) is 3.12. The molecule has 1 aliphatic carbocycles. The van der Waals surface area contributed by atoms with Crippen LogP contribution in [-0.4, -0.2) is 33.5 Å². The van der Waals surface area contributed by atoms with Crippen LogP contribution in [0.4, 0.5) is 17.6 Å². The van der Waals surface area contributed by atoms with E-state index in [-0.39, 0.29) is 18.2 Å². The van der Waals surface area contributed by atoms with Gasteiger partial charge in [-0.3, -0.25) is 4.79 Å². The molecule has 152 valence electrons. The van der Waals surface area contributed by atoms with E-state index in [9.17, 15) is 22.4 Å². The highest BCUT2D eigenvalue weighted by Gasteiger charge is 2.42. The Bertz CT molecular complexity index is 830. The van der Waals surface area contributed by atoms with E-state index in [1.807, 2.05) is 0 Å². The van der Waals surface area contributed by atoms with E-state index >= 15 is 0 Å². The van der Waals surface area contributed by atoms with Crippen LogP contribution in [0.5, 0.6) is 0 Å². The van der Waals surface area contributed by atoms with Crippen molar-refractivity contribution in [3.63, 3.8) is 0 Å². The summed E-state index contributed by atoms with van der Waals surface area (Å²) in [5.41, 5.74) is 3.36. The van der Waals surface area contributed by atoms with Crippen molar-refractivity contribution in [2.75, 3.05) is 6.54 Å². The van der Waals surface area contributed by atoms with Gasteiger partial charge in [-0.05, 0) is 37.0 Å². The highest BCUT2D eigenvalue weighted by molar-refractivity contribution is 5.93. The normalized spacial score (nSPS) is 16.8. The maximum atomic E-state index is 13.7. The minimum atomic E-state index is -4.91. The molecule has 0 bridgehead atoms. The van der Waals surface area contributed by atoms with Crippen LogP contribution < -0.4 is 11.1 Å². The predicted molar refractivity (Wildman–Crippen MR) is 93.2 cm³/mol. The molecule has 1 aromatic carbocycles. The molecular formula is C18H21F4N5O. The van der Waals surface area contributed by atoms with Crippen LogP contribution in [-0.2, 0) is 6.18 Å². The molecule has 0 spiro atoms. The number of amides is 1. The minimum absolute atomic E-state index is 0.121. The van der Waals surface area contributed by atoms with E-state index in [1.165, 1.54) is 12.1 Å². The number of aromatic nitrogens is 3. The first-order chi connectivity index (χ1) is 13.3. The molecule has 1 aliphatic rings. The fourth-order valence-corrected chi connectivity index (χ4v) is 3.62. The van der Waals surface area contributed by atoms with E-state index in [1.54, 1.807) is 0 Å². The zero-order valence-electron chi connectivity index (χ0n) is 15.0. The summed E-state index contributed by atoms with van der Waals surface area (Å²) < 4.78 is 54.9. The lowest BCUT2D eigenvalue weighted by atomic mass is 9.84. The summed E-state index contributed by atoms with van der Waals surface area (Å²) in [5, 5.41) is 9.47. The summed E-state index contributed by atoms with van der Waals surface area (Å²) in [6.45, 7) is 0.121. The fourth-order valence-electron chi connectivity index (χ4n) is 3.62. The van der Waals surface area contributed by atoms with Gasteiger partial charge in [0.05, 0.1) is 5.69 Å². The van der Waals surface area contributed by atoms with Crippen LogP contribution in [0.15, 0.2) is 24.3 Å². The van der Waals surface area contributed by atoms with Crippen LogP contribution in [0.2, 0.25) is 0 Å². The second kappa shape index (κ2) is 8.26. The number of benzene rings is 1. The zero-order valence-corrected chi connectivity index (χ0v) is 15.0. The summed E-state index contributed by atoms with van der Waals surface area (Å²) in [6, 6.07) is 4.04. The first kappa shape index (κ1) is 20.2. The van der Waals surface area contributed by atoms with Gasteiger partial charge in [0.15, 0.2) is 11.4 Å². The van der Waals surface area contributed by atoms with Crippen molar-refractivity contribution >= 4 is 5.91 Å². The van der Waals surface area contributed by atoms with Crippen LogP contribution in [0.1, 0.15) is 48.3 Å². The number of nitrogens with zero attached hydrogens (tertiary/aromatic N) is 3. The van der Waals surface area contributed by atoms with Crippen molar-refractivity contribution < 1.29 is 22.4 Å². The lowest BCUT2D eigenvalue weighted by molar-refractivity contribution is -0.143. The van der Waals surface area contributed by atoms with Crippen LogP contribution in [0.25, 0.3) is 5.69 Å². The highest BCUT2D eigenvalue weighted by Crippen LogP contribution is 2.33. The van der Waals surface area contributed by atoms with Gasteiger partial charge in [0, 0.05) is 12.6 Å². The number of halogens is 4. The van der Waals surface area contributed by atoms with Crippen LogP contribution in [0.3, 0.4) is 0 Å². The predicted octanol–water partition coefficient (Wildman–Crippen LogP) is 3.06.